The van der Waals surface area contributed by atoms with Crippen molar-refractivity contribution in [1.29, 1.82) is 0 Å². The summed E-state index contributed by atoms with van der Waals surface area (Å²) in [5.41, 5.74) is -4.54. The number of carbonyl (C=O) groups is 3. The predicted molar refractivity (Wildman–Crippen MR) is 117 cm³/mol. The summed E-state index contributed by atoms with van der Waals surface area (Å²) in [5.74, 6) is -3.60. The Morgan fingerprint density at radius 3 is 2.24 bits per heavy atom. The highest BCUT2D eigenvalue weighted by atomic mass is 35.5. The molecule has 0 aromatic heterocycles. The van der Waals surface area contributed by atoms with E-state index in [-0.39, 0.29) is 24.2 Å². The zero-order valence-electron chi connectivity index (χ0n) is 18.5. The van der Waals surface area contributed by atoms with Gasteiger partial charge in [-0.3, -0.25) is 19.3 Å². The Morgan fingerprint density at radius 1 is 1.06 bits per heavy atom. The standard InChI is InChI=1S/C24H26ClF3N2O3/c1-22(2)12-17-19(18(31)13-22)23(24(26,27)28,29-20(32)14-6-4-3-5-7-14)21(33)30(17)16-10-8-15(25)9-11-16/h8-11,14H,3-7,12-13H2,1-2H3,(H,29,32)/t23-/m0/s1. The fraction of sp³-hybridized carbons (Fsp3) is 0.542. The van der Waals surface area contributed by atoms with Gasteiger partial charge in [0.2, 0.25) is 11.4 Å². The summed E-state index contributed by atoms with van der Waals surface area (Å²) in [6.07, 6.45) is -1.95. The maximum absolute atomic E-state index is 14.8. The lowest BCUT2D eigenvalue weighted by Gasteiger charge is -2.36. The van der Waals surface area contributed by atoms with Crippen LogP contribution in [0, 0.1) is 11.3 Å². The summed E-state index contributed by atoms with van der Waals surface area (Å²) in [6.45, 7) is 3.54. The van der Waals surface area contributed by atoms with Gasteiger partial charge in [-0.05, 0) is 48.9 Å². The number of ketones is 1. The first kappa shape index (κ1) is 23.8. The third kappa shape index (κ3) is 3.96. The lowest BCUT2D eigenvalue weighted by molar-refractivity contribution is -0.191. The second kappa shape index (κ2) is 8.15. The van der Waals surface area contributed by atoms with Crippen LogP contribution in [-0.2, 0) is 14.4 Å². The number of halogens is 4. The average Bonchev–Trinajstić information content (AvgIpc) is 2.97. The molecule has 33 heavy (non-hydrogen) atoms. The molecule has 1 aromatic rings. The highest BCUT2D eigenvalue weighted by Gasteiger charge is 2.72. The maximum atomic E-state index is 14.8. The number of hydrogen-bond donors (Lipinski definition) is 1. The fourth-order valence-corrected chi connectivity index (χ4v) is 5.39. The molecule has 0 radical (unpaired) electrons. The summed E-state index contributed by atoms with van der Waals surface area (Å²) in [7, 11) is 0. The summed E-state index contributed by atoms with van der Waals surface area (Å²) >= 11 is 5.94. The third-order valence-corrected chi connectivity index (χ3v) is 7.07. The predicted octanol–water partition coefficient (Wildman–Crippen LogP) is 5.33. The Kier molecular flexibility index (Phi) is 5.88. The van der Waals surface area contributed by atoms with Gasteiger partial charge in [0, 0.05) is 28.7 Å². The quantitative estimate of drug-likeness (QED) is 0.633. The van der Waals surface area contributed by atoms with Crippen molar-refractivity contribution >= 4 is 34.9 Å². The number of amides is 2. The van der Waals surface area contributed by atoms with Gasteiger partial charge < -0.3 is 5.32 Å². The zero-order chi connectivity index (χ0) is 24.2. The number of rotatable bonds is 3. The Hall–Kier alpha value is -2.35. The van der Waals surface area contributed by atoms with E-state index in [2.05, 4.69) is 5.32 Å². The molecule has 1 aromatic carbocycles. The highest BCUT2D eigenvalue weighted by Crippen LogP contribution is 2.53. The number of nitrogens with zero attached hydrogens (tertiary/aromatic N) is 1. The van der Waals surface area contributed by atoms with Gasteiger partial charge in [0.15, 0.2) is 5.78 Å². The van der Waals surface area contributed by atoms with Gasteiger partial charge in [-0.1, -0.05) is 44.7 Å². The largest absolute Gasteiger partial charge is 0.425 e. The zero-order valence-corrected chi connectivity index (χ0v) is 19.3. The molecule has 1 N–H and O–H groups in total. The van der Waals surface area contributed by atoms with Crippen LogP contribution >= 0.6 is 11.6 Å². The van der Waals surface area contributed by atoms with Crippen LogP contribution in [0.1, 0.15) is 58.8 Å². The monoisotopic (exact) mass is 482 g/mol. The summed E-state index contributed by atoms with van der Waals surface area (Å²) in [6, 6.07) is 5.81. The summed E-state index contributed by atoms with van der Waals surface area (Å²) in [4.78, 5) is 40.8. The summed E-state index contributed by atoms with van der Waals surface area (Å²) in [5, 5.41) is 2.41. The average molecular weight is 483 g/mol. The van der Waals surface area contributed by atoms with Crippen LogP contribution in [0.25, 0.3) is 0 Å². The normalized spacial score (nSPS) is 25.9. The molecule has 0 bridgehead atoms. The van der Waals surface area contributed by atoms with Gasteiger partial charge in [0.05, 0.1) is 5.57 Å². The molecular weight excluding hydrogens is 457 g/mol. The minimum absolute atomic E-state index is 0.00941. The molecule has 5 nitrogen and oxygen atoms in total. The molecule has 2 aliphatic carbocycles. The van der Waals surface area contributed by atoms with Crippen LogP contribution < -0.4 is 10.2 Å². The molecular formula is C24H26ClF3N2O3. The lowest BCUT2D eigenvalue weighted by Crippen LogP contribution is -2.67. The van der Waals surface area contributed by atoms with Gasteiger partial charge in [-0.2, -0.15) is 13.2 Å². The lowest BCUT2D eigenvalue weighted by atomic mass is 9.72. The molecule has 0 spiro atoms. The van der Waals surface area contributed by atoms with Crippen molar-refractivity contribution < 1.29 is 27.6 Å². The van der Waals surface area contributed by atoms with Crippen molar-refractivity contribution in [3.63, 3.8) is 0 Å². The van der Waals surface area contributed by atoms with E-state index in [0.717, 1.165) is 24.2 Å². The molecule has 178 valence electrons. The molecule has 0 saturated heterocycles. The first-order valence-corrected chi connectivity index (χ1v) is 11.5. The molecule has 1 aliphatic heterocycles. The van der Waals surface area contributed by atoms with E-state index in [1.165, 1.54) is 24.3 Å². The second-order valence-electron chi connectivity index (χ2n) is 9.95. The SMILES string of the molecule is CC1(C)CC(=O)C2=C(C1)N(c1ccc(Cl)cc1)C(=O)[C@]2(NC(=O)C1CCCCC1)C(F)(F)F. The molecule has 1 heterocycles. The Labute approximate surface area is 195 Å². The minimum Gasteiger partial charge on any atom is -0.330 e. The van der Waals surface area contributed by atoms with E-state index in [0.29, 0.717) is 17.9 Å². The van der Waals surface area contributed by atoms with Crippen LogP contribution in [0.15, 0.2) is 35.5 Å². The second-order valence-corrected chi connectivity index (χ2v) is 10.4. The Balaban J connectivity index is 1.88. The molecule has 3 aliphatic rings. The number of hydrogen-bond acceptors (Lipinski definition) is 3. The van der Waals surface area contributed by atoms with Crippen LogP contribution in [0.2, 0.25) is 5.02 Å². The molecule has 4 rings (SSSR count). The number of Topliss-reactive ketones (excluding diaryl/α,β-unsaturated/α-hetero) is 1. The van der Waals surface area contributed by atoms with Gasteiger partial charge in [0.1, 0.15) is 0 Å². The first-order valence-electron chi connectivity index (χ1n) is 11.1. The van der Waals surface area contributed by atoms with E-state index < -0.39 is 46.2 Å². The summed E-state index contributed by atoms with van der Waals surface area (Å²) < 4.78 is 44.4. The Morgan fingerprint density at radius 2 is 1.67 bits per heavy atom. The van der Waals surface area contributed by atoms with E-state index in [4.69, 9.17) is 11.6 Å². The first-order chi connectivity index (χ1) is 15.4. The number of allylic oxidation sites excluding steroid dienone is 1. The van der Waals surface area contributed by atoms with Gasteiger partial charge >= 0.3 is 6.18 Å². The molecule has 2 amide bonds. The molecule has 1 saturated carbocycles. The Bertz CT molecular complexity index is 1030. The van der Waals surface area contributed by atoms with Crippen LogP contribution in [0.4, 0.5) is 18.9 Å². The third-order valence-electron chi connectivity index (χ3n) is 6.82. The highest BCUT2D eigenvalue weighted by molar-refractivity contribution is 6.30. The van der Waals surface area contributed by atoms with Crippen LogP contribution in [0.3, 0.4) is 0 Å². The van der Waals surface area contributed by atoms with E-state index in [9.17, 15) is 27.6 Å². The fourth-order valence-electron chi connectivity index (χ4n) is 5.27. The van der Waals surface area contributed by atoms with E-state index >= 15 is 0 Å². The van der Waals surface area contributed by atoms with Crippen LogP contribution in [-0.4, -0.2) is 29.3 Å². The number of benzene rings is 1. The van der Waals surface area contributed by atoms with Crippen molar-refractivity contribution in [2.75, 3.05) is 4.90 Å². The van der Waals surface area contributed by atoms with E-state index in [1.807, 2.05) is 0 Å². The number of nitrogens with one attached hydrogen (secondary N) is 1. The minimum atomic E-state index is -5.20. The van der Waals surface area contributed by atoms with E-state index in [1.54, 1.807) is 13.8 Å². The van der Waals surface area contributed by atoms with Crippen molar-refractivity contribution in [3.8, 4) is 0 Å². The van der Waals surface area contributed by atoms with Gasteiger partial charge in [-0.25, -0.2) is 0 Å². The van der Waals surface area contributed by atoms with Gasteiger partial charge in [-0.15, -0.1) is 0 Å². The van der Waals surface area contributed by atoms with Crippen LogP contribution in [0.5, 0.6) is 0 Å². The van der Waals surface area contributed by atoms with Crippen molar-refractivity contribution in [1.82, 2.24) is 5.32 Å². The number of alkyl halides is 3. The number of carbonyl (C=O) groups excluding carboxylic acids is 3. The van der Waals surface area contributed by atoms with Crippen molar-refractivity contribution in [2.24, 2.45) is 11.3 Å². The molecule has 1 fully saturated rings. The molecule has 0 unspecified atom stereocenters. The topological polar surface area (TPSA) is 66.5 Å². The maximum Gasteiger partial charge on any atom is 0.425 e. The van der Waals surface area contributed by atoms with Gasteiger partial charge in [0.25, 0.3) is 5.91 Å². The number of anilines is 1. The molecule has 1 atom stereocenters. The van der Waals surface area contributed by atoms with Crippen molar-refractivity contribution in [2.45, 2.75) is 70.5 Å². The smallest absolute Gasteiger partial charge is 0.330 e. The molecule has 9 heteroatoms. The van der Waals surface area contributed by atoms with Crippen molar-refractivity contribution in [3.05, 3.63) is 40.6 Å².